The fraction of sp³-hybridized carbons (Fsp3) is 0.267. The van der Waals surface area contributed by atoms with Crippen LogP contribution in [0.25, 0.3) is 5.70 Å². The summed E-state index contributed by atoms with van der Waals surface area (Å²) in [6.07, 6.45) is 5.68. The lowest BCUT2D eigenvalue weighted by atomic mass is 10.0. The zero-order chi connectivity index (χ0) is 15.4. The van der Waals surface area contributed by atoms with Crippen molar-refractivity contribution in [1.82, 2.24) is 14.8 Å². The molecule has 1 unspecified atom stereocenters. The normalized spacial score (nSPS) is 13.2. The van der Waals surface area contributed by atoms with Gasteiger partial charge in [0.05, 0.1) is 5.02 Å². The molecule has 2 rings (SSSR count). The molecule has 1 aromatic carbocycles. The van der Waals surface area contributed by atoms with E-state index < -0.39 is 0 Å². The second-order valence-electron chi connectivity index (χ2n) is 4.73. The van der Waals surface area contributed by atoms with Gasteiger partial charge in [0.15, 0.2) is 0 Å². The second kappa shape index (κ2) is 6.87. The van der Waals surface area contributed by atoms with Crippen molar-refractivity contribution in [3.63, 3.8) is 0 Å². The Morgan fingerprint density at radius 3 is 2.76 bits per heavy atom. The van der Waals surface area contributed by atoms with E-state index in [4.69, 9.17) is 23.2 Å². The highest BCUT2D eigenvalue weighted by Gasteiger charge is 2.19. The summed E-state index contributed by atoms with van der Waals surface area (Å²) in [5, 5.41) is 4.86. The number of ketones is 1. The molecule has 1 atom stereocenters. The number of carbonyl (C=O) groups excluding carboxylic acids is 1. The quantitative estimate of drug-likeness (QED) is 0.607. The lowest BCUT2D eigenvalue weighted by Gasteiger charge is -2.10. The molecule has 0 bridgehead atoms. The van der Waals surface area contributed by atoms with E-state index in [-0.39, 0.29) is 11.7 Å². The number of carbonyl (C=O) groups is 1. The van der Waals surface area contributed by atoms with Gasteiger partial charge in [-0.1, -0.05) is 49.5 Å². The SMILES string of the molecule is CCC(C)C=C(C(=O)c1ccc(Cl)cc1Cl)n1cncn1. The van der Waals surface area contributed by atoms with Crippen molar-refractivity contribution < 1.29 is 4.79 Å². The summed E-state index contributed by atoms with van der Waals surface area (Å²) in [4.78, 5) is 16.6. The van der Waals surface area contributed by atoms with Gasteiger partial charge in [-0.25, -0.2) is 9.67 Å². The van der Waals surface area contributed by atoms with Crippen LogP contribution in [0.4, 0.5) is 0 Å². The van der Waals surface area contributed by atoms with Gasteiger partial charge in [0.2, 0.25) is 5.78 Å². The number of Topliss-reactive ketones (excluding diaryl/α,β-unsaturated/α-hetero) is 1. The summed E-state index contributed by atoms with van der Waals surface area (Å²) in [6, 6.07) is 4.82. The Morgan fingerprint density at radius 1 is 1.43 bits per heavy atom. The van der Waals surface area contributed by atoms with Crippen molar-refractivity contribution in [2.75, 3.05) is 0 Å². The molecule has 1 aromatic heterocycles. The van der Waals surface area contributed by atoms with Crippen molar-refractivity contribution in [3.8, 4) is 0 Å². The minimum atomic E-state index is -0.206. The summed E-state index contributed by atoms with van der Waals surface area (Å²) < 4.78 is 1.46. The molecule has 0 radical (unpaired) electrons. The van der Waals surface area contributed by atoms with Crippen molar-refractivity contribution >= 4 is 34.7 Å². The molecule has 0 saturated heterocycles. The van der Waals surface area contributed by atoms with Gasteiger partial charge in [-0.15, -0.1) is 0 Å². The van der Waals surface area contributed by atoms with Gasteiger partial charge in [-0.05, 0) is 24.1 Å². The van der Waals surface area contributed by atoms with E-state index >= 15 is 0 Å². The van der Waals surface area contributed by atoms with Crippen LogP contribution in [-0.4, -0.2) is 20.5 Å². The average molecular weight is 324 g/mol. The molecule has 6 heteroatoms. The lowest BCUT2D eigenvalue weighted by Crippen LogP contribution is -2.12. The first-order chi connectivity index (χ1) is 10.0. The molecule has 0 spiro atoms. The van der Waals surface area contributed by atoms with Crippen molar-refractivity contribution in [2.45, 2.75) is 20.3 Å². The molecule has 0 saturated carbocycles. The molecule has 0 fully saturated rings. The zero-order valence-electron chi connectivity index (χ0n) is 11.8. The maximum Gasteiger partial charge on any atom is 0.212 e. The van der Waals surface area contributed by atoms with Crippen LogP contribution in [0, 0.1) is 5.92 Å². The van der Waals surface area contributed by atoms with Crippen LogP contribution >= 0.6 is 23.2 Å². The monoisotopic (exact) mass is 323 g/mol. The van der Waals surface area contributed by atoms with Crippen LogP contribution in [0.5, 0.6) is 0 Å². The van der Waals surface area contributed by atoms with Gasteiger partial charge in [0.1, 0.15) is 18.4 Å². The molecular formula is C15H15Cl2N3O. The largest absolute Gasteiger partial charge is 0.287 e. The zero-order valence-corrected chi connectivity index (χ0v) is 13.3. The van der Waals surface area contributed by atoms with Crippen LogP contribution in [0.1, 0.15) is 30.6 Å². The third-order valence-corrected chi connectivity index (χ3v) is 3.71. The minimum absolute atomic E-state index is 0.206. The van der Waals surface area contributed by atoms with Gasteiger partial charge in [-0.3, -0.25) is 4.79 Å². The van der Waals surface area contributed by atoms with Gasteiger partial charge < -0.3 is 0 Å². The predicted octanol–water partition coefficient (Wildman–Crippen LogP) is 4.35. The second-order valence-corrected chi connectivity index (χ2v) is 5.57. The number of aromatic nitrogens is 3. The van der Waals surface area contributed by atoms with Crippen LogP contribution < -0.4 is 0 Å². The first kappa shape index (κ1) is 15.7. The summed E-state index contributed by atoms with van der Waals surface area (Å²) in [6.45, 7) is 4.09. The molecule has 110 valence electrons. The summed E-state index contributed by atoms with van der Waals surface area (Å²) in [7, 11) is 0. The van der Waals surface area contributed by atoms with Crippen LogP contribution in [0.2, 0.25) is 10.0 Å². The highest BCUT2D eigenvalue weighted by molar-refractivity contribution is 6.39. The van der Waals surface area contributed by atoms with Gasteiger partial charge in [0, 0.05) is 10.6 Å². The molecule has 4 nitrogen and oxygen atoms in total. The predicted molar refractivity (Wildman–Crippen MR) is 84.5 cm³/mol. The Labute approximate surface area is 133 Å². The van der Waals surface area contributed by atoms with Crippen molar-refractivity contribution in [2.24, 2.45) is 5.92 Å². The van der Waals surface area contributed by atoms with Crippen molar-refractivity contribution in [3.05, 3.63) is 52.5 Å². The fourth-order valence-corrected chi connectivity index (χ4v) is 2.28. The average Bonchev–Trinajstić information content (AvgIpc) is 2.97. The Hall–Kier alpha value is -1.65. The number of halogens is 2. The Bertz CT molecular complexity index is 666. The minimum Gasteiger partial charge on any atom is -0.287 e. The Kier molecular flexibility index (Phi) is 5.15. The van der Waals surface area contributed by atoms with E-state index in [0.717, 1.165) is 6.42 Å². The molecule has 2 aromatic rings. The van der Waals surface area contributed by atoms with E-state index in [1.807, 2.05) is 13.0 Å². The van der Waals surface area contributed by atoms with Crippen LogP contribution in [0.3, 0.4) is 0 Å². The topological polar surface area (TPSA) is 47.8 Å². The highest BCUT2D eigenvalue weighted by atomic mass is 35.5. The smallest absolute Gasteiger partial charge is 0.212 e. The summed E-state index contributed by atoms with van der Waals surface area (Å²) >= 11 is 12.0. The lowest BCUT2D eigenvalue weighted by molar-refractivity contribution is 0.104. The fourth-order valence-electron chi connectivity index (χ4n) is 1.79. The molecule has 21 heavy (non-hydrogen) atoms. The number of hydrogen-bond acceptors (Lipinski definition) is 3. The number of hydrogen-bond donors (Lipinski definition) is 0. The summed E-state index contributed by atoms with van der Waals surface area (Å²) in [5.41, 5.74) is 0.831. The Morgan fingerprint density at radius 2 is 2.19 bits per heavy atom. The number of nitrogens with zero attached hydrogens (tertiary/aromatic N) is 3. The van der Waals surface area contributed by atoms with Crippen LogP contribution in [-0.2, 0) is 0 Å². The van der Waals surface area contributed by atoms with E-state index in [1.54, 1.807) is 18.2 Å². The van der Waals surface area contributed by atoms with Crippen LogP contribution in [0.15, 0.2) is 36.9 Å². The van der Waals surface area contributed by atoms with Crippen molar-refractivity contribution in [1.29, 1.82) is 0 Å². The van der Waals surface area contributed by atoms with Gasteiger partial charge in [0.25, 0.3) is 0 Å². The highest BCUT2D eigenvalue weighted by Crippen LogP contribution is 2.25. The molecule has 0 N–H and O–H groups in total. The standard InChI is InChI=1S/C15H15Cl2N3O/c1-3-10(2)6-14(20-9-18-8-19-20)15(21)12-5-4-11(16)7-13(12)17/h4-10H,3H2,1-2H3. The van der Waals surface area contributed by atoms with E-state index in [9.17, 15) is 4.79 Å². The molecule has 0 aliphatic carbocycles. The van der Waals surface area contributed by atoms with Gasteiger partial charge >= 0.3 is 0 Å². The number of allylic oxidation sites excluding steroid dienone is 2. The van der Waals surface area contributed by atoms with E-state index in [0.29, 0.717) is 21.3 Å². The number of benzene rings is 1. The first-order valence-electron chi connectivity index (χ1n) is 6.59. The first-order valence-corrected chi connectivity index (χ1v) is 7.35. The molecule has 0 aliphatic rings. The number of rotatable bonds is 5. The maximum atomic E-state index is 12.7. The maximum absolute atomic E-state index is 12.7. The third kappa shape index (κ3) is 3.71. The molecule has 0 amide bonds. The van der Waals surface area contributed by atoms with E-state index in [2.05, 4.69) is 17.0 Å². The summed E-state index contributed by atoms with van der Waals surface area (Å²) in [5.74, 6) is 0.0293. The van der Waals surface area contributed by atoms with E-state index in [1.165, 1.54) is 17.3 Å². The third-order valence-electron chi connectivity index (χ3n) is 3.16. The molecule has 0 aliphatic heterocycles. The van der Waals surface area contributed by atoms with Gasteiger partial charge in [-0.2, -0.15) is 5.10 Å². The Balaban J connectivity index is 2.46. The molecular weight excluding hydrogens is 309 g/mol. The molecule has 1 heterocycles.